The Bertz CT molecular complexity index is 407. The average Bonchev–Trinajstić information content (AvgIpc) is 2.58. The molecule has 1 atom stereocenters. The molecule has 1 N–H and O–H groups in total. The van der Waals surface area contributed by atoms with Gasteiger partial charge in [-0.05, 0) is 44.7 Å². The van der Waals surface area contributed by atoms with E-state index in [1.807, 2.05) is 19.1 Å². The molecule has 1 aromatic heterocycles. The van der Waals surface area contributed by atoms with Crippen LogP contribution in [0.25, 0.3) is 0 Å². The Hall–Kier alpha value is -1.29. The van der Waals surface area contributed by atoms with Crippen LogP contribution < -0.4 is 9.64 Å². The highest BCUT2D eigenvalue weighted by molar-refractivity contribution is 5.52. The van der Waals surface area contributed by atoms with Crippen LogP contribution in [0.3, 0.4) is 0 Å². The quantitative estimate of drug-likeness (QED) is 0.908. The number of nitrogens with zero attached hydrogens (tertiary/aromatic N) is 2. The lowest BCUT2D eigenvalue weighted by atomic mass is 9.98. The Balaban J connectivity index is 2.12. The summed E-state index contributed by atoms with van der Waals surface area (Å²) in [5, 5.41) is 10.2. The van der Waals surface area contributed by atoms with Gasteiger partial charge in [-0.15, -0.1) is 0 Å². The average molecular weight is 264 g/mol. The zero-order valence-electron chi connectivity index (χ0n) is 11.9. The molecule has 1 saturated heterocycles. The molecule has 0 spiro atoms. The lowest BCUT2D eigenvalue weighted by molar-refractivity contribution is 0.0481. The van der Waals surface area contributed by atoms with Crippen LogP contribution in [0.15, 0.2) is 18.3 Å². The zero-order valence-corrected chi connectivity index (χ0v) is 11.9. The van der Waals surface area contributed by atoms with Crippen LogP contribution in [0, 0.1) is 0 Å². The van der Waals surface area contributed by atoms with E-state index in [2.05, 4.69) is 16.8 Å². The molecule has 2 rings (SSSR count). The third-order valence-corrected chi connectivity index (χ3v) is 3.58. The number of ether oxygens (including phenoxy) is 1. The summed E-state index contributed by atoms with van der Waals surface area (Å²) in [5.74, 6) is 1.76. The Labute approximate surface area is 115 Å². The fourth-order valence-corrected chi connectivity index (χ4v) is 2.42. The highest BCUT2D eigenvalue weighted by Crippen LogP contribution is 2.30. The molecule has 4 heteroatoms. The standard InChI is InChI=1S/C15H24N2O2/c1-3-12-19-13-6-4-9-16-14(13)17-10-5-7-15(2,18)8-11-17/h4,6,9,18H,3,5,7-8,10-12H2,1-2H3. The molecular weight excluding hydrogens is 240 g/mol. The summed E-state index contributed by atoms with van der Waals surface area (Å²) in [5.41, 5.74) is -0.548. The SMILES string of the molecule is CCCOc1cccnc1N1CCCC(C)(O)CC1. The van der Waals surface area contributed by atoms with Crippen molar-refractivity contribution < 1.29 is 9.84 Å². The molecule has 0 saturated carbocycles. The van der Waals surface area contributed by atoms with Crippen LogP contribution in [-0.2, 0) is 0 Å². The van der Waals surface area contributed by atoms with E-state index in [0.29, 0.717) is 6.61 Å². The first kappa shape index (κ1) is 14.1. The lowest BCUT2D eigenvalue weighted by Gasteiger charge is -2.25. The first-order chi connectivity index (χ1) is 9.12. The van der Waals surface area contributed by atoms with Gasteiger partial charge in [0.2, 0.25) is 0 Å². The monoisotopic (exact) mass is 264 g/mol. The summed E-state index contributed by atoms with van der Waals surface area (Å²) in [6.45, 7) is 6.48. The van der Waals surface area contributed by atoms with Crippen LogP contribution in [0.5, 0.6) is 5.75 Å². The predicted octanol–water partition coefficient (Wildman–Crippen LogP) is 2.61. The number of pyridine rings is 1. The molecule has 0 aliphatic carbocycles. The van der Waals surface area contributed by atoms with Gasteiger partial charge in [0, 0.05) is 19.3 Å². The molecule has 4 nitrogen and oxygen atoms in total. The maximum atomic E-state index is 10.2. The molecule has 1 unspecified atom stereocenters. The molecule has 0 radical (unpaired) electrons. The van der Waals surface area contributed by atoms with Crippen molar-refractivity contribution in [1.82, 2.24) is 4.98 Å². The third-order valence-electron chi connectivity index (χ3n) is 3.58. The Kier molecular flexibility index (Phi) is 4.64. The summed E-state index contributed by atoms with van der Waals surface area (Å²) in [7, 11) is 0. The first-order valence-electron chi connectivity index (χ1n) is 7.17. The molecule has 1 aliphatic heterocycles. The van der Waals surface area contributed by atoms with Crippen molar-refractivity contribution in [3.63, 3.8) is 0 Å². The maximum absolute atomic E-state index is 10.2. The van der Waals surface area contributed by atoms with E-state index in [4.69, 9.17) is 4.74 Å². The molecule has 106 valence electrons. The normalized spacial score (nSPS) is 24.1. The fraction of sp³-hybridized carbons (Fsp3) is 0.667. The summed E-state index contributed by atoms with van der Waals surface area (Å²) in [4.78, 5) is 6.69. The minimum Gasteiger partial charge on any atom is -0.490 e. The van der Waals surface area contributed by atoms with Crippen molar-refractivity contribution in [2.24, 2.45) is 0 Å². The van der Waals surface area contributed by atoms with E-state index in [1.54, 1.807) is 6.20 Å². The van der Waals surface area contributed by atoms with E-state index >= 15 is 0 Å². The van der Waals surface area contributed by atoms with E-state index in [-0.39, 0.29) is 0 Å². The summed E-state index contributed by atoms with van der Waals surface area (Å²) >= 11 is 0. The van der Waals surface area contributed by atoms with Crippen LogP contribution >= 0.6 is 0 Å². The number of anilines is 1. The van der Waals surface area contributed by atoms with Crippen LogP contribution in [0.4, 0.5) is 5.82 Å². The van der Waals surface area contributed by atoms with E-state index in [1.165, 1.54) is 0 Å². The van der Waals surface area contributed by atoms with E-state index in [9.17, 15) is 5.11 Å². The first-order valence-corrected chi connectivity index (χ1v) is 7.17. The van der Waals surface area contributed by atoms with Gasteiger partial charge in [0.1, 0.15) is 0 Å². The molecule has 0 bridgehead atoms. The Morgan fingerprint density at radius 2 is 2.26 bits per heavy atom. The topological polar surface area (TPSA) is 45.6 Å². The van der Waals surface area contributed by atoms with Gasteiger partial charge in [-0.1, -0.05) is 6.92 Å². The summed E-state index contributed by atoms with van der Waals surface area (Å²) in [6, 6.07) is 3.88. The van der Waals surface area contributed by atoms with E-state index in [0.717, 1.165) is 50.3 Å². The Morgan fingerprint density at radius 3 is 3.05 bits per heavy atom. The molecule has 1 aromatic rings. The fourth-order valence-electron chi connectivity index (χ4n) is 2.42. The third kappa shape index (κ3) is 3.83. The highest BCUT2D eigenvalue weighted by Gasteiger charge is 2.26. The minimum atomic E-state index is -0.548. The molecule has 19 heavy (non-hydrogen) atoms. The largest absolute Gasteiger partial charge is 0.490 e. The number of aromatic nitrogens is 1. The van der Waals surface area contributed by atoms with Crippen molar-refractivity contribution in [3.8, 4) is 5.75 Å². The van der Waals surface area contributed by atoms with Crippen LogP contribution in [0.2, 0.25) is 0 Å². The number of hydrogen-bond acceptors (Lipinski definition) is 4. The van der Waals surface area contributed by atoms with Crippen LogP contribution in [0.1, 0.15) is 39.5 Å². The Morgan fingerprint density at radius 1 is 1.42 bits per heavy atom. The number of aliphatic hydroxyl groups is 1. The molecule has 2 heterocycles. The molecule has 0 amide bonds. The van der Waals surface area contributed by atoms with Gasteiger partial charge in [0.15, 0.2) is 11.6 Å². The molecular formula is C15H24N2O2. The number of hydrogen-bond donors (Lipinski definition) is 1. The smallest absolute Gasteiger partial charge is 0.171 e. The van der Waals surface area contributed by atoms with Gasteiger partial charge in [0.25, 0.3) is 0 Å². The second-order valence-electron chi connectivity index (χ2n) is 5.51. The van der Waals surface area contributed by atoms with E-state index < -0.39 is 5.60 Å². The zero-order chi connectivity index (χ0) is 13.7. The van der Waals surface area contributed by atoms with Gasteiger partial charge in [-0.25, -0.2) is 4.98 Å². The van der Waals surface area contributed by atoms with Gasteiger partial charge in [-0.3, -0.25) is 0 Å². The van der Waals surface area contributed by atoms with Gasteiger partial charge >= 0.3 is 0 Å². The van der Waals surface area contributed by atoms with Gasteiger partial charge < -0.3 is 14.7 Å². The summed E-state index contributed by atoms with van der Waals surface area (Å²) in [6.07, 6.45) is 5.40. The summed E-state index contributed by atoms with van der Waals surface area (Å²) < 4.78 is 5.77. The van der Waals surface area contributed by atoms with Gasteiger partial charge in [0.05, 0.1) is 12.2 Å². The predicted molar refractivity (Wildman–Crippen MR) is 76.7 cm³/mol. The number of rotatable bonds is 4. The highest BCUT2D eigenvalue weighted by atomic mass is 16.5. The van der Waals surface area contributed by atoms with Crippen molar-refractivity contribution in [1.29, 1.82) is 0 Å². The molecule has 0 aromatic carbocycles. The van der Waals surface area contributed by atoms with Crippen LogP contribution in [-0.4, -0.2) is 35.4 Å². The van der Waals surface area contributed by atoms with Gasteiger partial charge in [-0.2, -0.15) is 0 Å². The van der Waals surface area contributed by atoms with Crippen molar-refractivity contribution in [2.75, 3.05) is 24.6 Å². The van der Waals surface area contributed by atoms with Crippen molar-refractivity contribution >= 4 is 5.82 Å². The minimum absolute atomic E-state index is 0.548. The maximum Gasteiger partial charge on any atom is 0.171 e. The van der Waals surface area contributed by atoms with Crippen molar-refractivity contribution in [3.05, 3.63) is 18.3 Å². The molecule has 1 fully saturated rings. The second-order valence-corrected chi connectivity index (χ2v) is 5.51. The van der Waals surface area contributed by atoms with Crippen molar-refractivity contribution in [2.45, 2.75) is 45.1 Å². The second kappa shape index (κ2) is 6.24. The molecule has 1 aliphatic rings. The lowest BCUT2D eigenvalue weighted by Crippen LogP contribution is -2.29.